The molecule has 5 heteroatoms. The third-order valence-corrected chi connectivity index (χ3v) is 4.79. The fourth-order valence-electron chi connectivity index (χ4n) is 3.08. The van der Waals surface area contributed by atoms with Gasteiger partial charge >= 0.3 is 5.97 Å². The van der Waals surface area contributed by atoms with E-state index in [1.807, 2.05) is 0 Å². The first-order valence-electron chi connectivity index (χ1n) is 8.70. The molecule has 0 unspecified atom stereocenters. The highest BCUT2D eigenvalue weighted by Crippen LogP contribution is 2.29. The van der Waals surface area contributed by atoms with Crippen LogP contribution in [0.3, 0.4) is 0 Å². The maximum Gasteiger partial charge on any atom is 0.338 e. The van der Waals surface area contributed by atoms with Crippen LogP contribution in [0.25, 0.3) is 0 Å². The Labute approximate surface area is 143 Å². The fraction of sp³-hybridized carbons (Fsp3) is 0.579. The lowest BCUT2D eigenvalue weighted by molar-refractivity contribution is -0.124. The molecule has 1 aromatic rings. The SMILES string of the molecule is CCOC(=O)c1ccc(OCC(=O)N[C@H]2CCC[C@@H](C)[C@@H]2C)cc1. The van der Waals surface area contributed by atoms with Gasteiger partial charge in [-0.05, 0) is 49.4 Å². The van der Waals surface area contributed by atoms with Gasteiger partial charge in [0.05, 0.1) is 12.2 Å². The summed E-state index contributed by atoms with van der Waals surface area (Å²) in [6, 6.07) is 6.85. The van der Waals surface area contributed by atoms with Gasteiger partial charge in [0, 0.05) is 6.04 Å². The second-order valence-electron chi connectivity index (χ2n) is 6.47. The molecule has 3 atom stereocenters. The van der Waals surface area contributed by atoms with Crippen molar-refractivity contribution in [3.8, 4) is 5.75 Å². The predicted octanol–water partition coefficient (Wildman–Crippen LogP) is 3.18. The van der Waals surface area contributed by atoms with E-state index < -0.39 is 0 Å². The molecule has 24 heavy (non-hydrogen) atoms. The van der Waals surface area contributed by atoms with Crippen molar-refractivity contribution in [2.24, 2.45) is 11.8 Å². The lowest BCUT2D eigenvalue weighted by atomic mass is 9.78. The molecule has 0 spiro atoms. The van der Waals surface area contributed by atoms with Gasteiger partial charge < -0.3 is 14.8 Å². The smallest absolute Gasteiger partial charge is 0.338 e. The van der Waals surface area contributed by atoms with E-state index in [0.717, 1.165) is 12.8 Å². The van der Waals surface area contributed by atoms with E-state index in [-0.39, 0.29) is 24.5 Å². The molecule has 1 aromatic carbocycles. The topological polar surface area (TPSA) is 64.6 Å². The van der Waals surface area contributed by atoms with Gasteiger partial charge in [-0.3, -0.25) is 4.79 Å². The predicted molar refractivity (Wildman–Crippen MR) is 92.0 cm³/mol. The molecule has 5 nitrogen and oxygen atoms in total. The molecule has 1 aliphatic rings. The minimum Gasteiger partial charge on any atom is -0.484 e. The Hall–Kier alpha value is -2.04. The second kappa shape index (κ2) is 8.71. The molecule has 132 valence electrons. The van der Waals surface area contributed by atoms with Crippen molar-refractivity contribution in [2.75, 3.05) is 13.2 Å². The van der Waals surface area contributed by atoms with E-state index in [9.17, 15) is 9.59 Å². The van der Waals surface area contributed by atoms with Crippen molar-refractivity contribution in [2.45, 2.75) is 46.1 Å². The second-order valence-corrected chi connectivity index (χ2v) is 6.47. The molecule has 1 aliphatic carbocycles. The third kappa shape index (κ3) is 4.98. The summed E-state index contributed by atoms with van der Waals surface area (Å²) in [6.45, 7) is 6.53. The van der Waals surface area contributed by atoms with Gasteiger partial charge in [-0.2, -0.15) is 0 Å². The van der Waals surface area contributed by atoms with Crippen molar-refractivity contribution >= 4 is 11.9 Å². The first kappa shape index (κ1) is 18.3. The van der Waals surface area contributed by atoms with Crippen molar-refractivity contribution < 1.29 is 19.1 Å². The summed E-state index contributed by atoms with van der Waals surface area (Å²) in [6.07, 6.45) is 3.43. The van der Waals surface area contributed by atoms with E-state index in [4.69, 9.17) is 9.47 Å². The zero-order chi connectivity index (χ0) is 17.5. The molecule has 1 amide bonds. The van der Waals surface area contributed by atoms with Crippen LogP contribution in [0.4, 0.5) is 0 Å². The first-order chi connectivity index (χ1) is 11.5. The number of benzene rings is 1. The van der Waals surface area contributed by atoms with E-state index in [2.05, 4.69) is 19.2 Å². The highest BCUT2D eigenvalue weighted by Gasteiger charge is 2.28. The summed E-state index contributed by atoms with van der Waals surface area (Å²) < 4.78 is 10.4. The highest BCUT2D eigenvalue weighted by atomic mass is 16.5. The maximum absolute atomic E-state index is 12.1. The number of rotatable bonds is 6. The Kier molecular flexibility index (Phi) is 6.64. The highest BCUT2D eigenvalue weighted by molar-refractivity contribution is 5.89. The van der Waals surface area contributed by atoms with Crippen molar-refractivity contribution in [1.82, 2.24) is 5.32 Å². The van der Waals surface area contributed by atoms with Gasteiger partial charge in [0.2, 0.25) is 0 Å². The van der Waals surface area contributed by atoms with E-state index >= 15 is 0 Å². The molecule has 0 radical (unpaired) electrons. The van der Waals surface area contributed by atoms with Gasteiger partial charge in [0.15, 0.2) is 6.61 Å². The number of hydrogen-bond donors (Lipinski definition) is 1. The van der Waals surface area contributed by atoms with Gasteiger partial charge in [-0.25, -0.2) is 4.79 Å². The largest absolute Gasteiger partial charge is 0.484 e. The van der Waals surface area contributed by atoms with Gasteiger partial charge in [-0.15, -0.1) is 0 Å². The van der Waals surface area contributed by atoms with E-state index in [1.165, 1.54) is 6.42 Å². The van der Waals surface area contributed by atoms with Crippen LogP contribution in [0.1, 0.15) is 50.4 Å². The first-order valence-corrected chi connectivity index (χ1v) is 8.70. The fourth-order valence-corrected chi connectivity index (χ4v) is 3.08. The van der Waals surface area contributed by atoms with E-state index in [0.29, 0.717) is 29.8 Å². The Morgan fingerprint density at radius 1 is 1.17 bits per heavy atom. The molecule has 0 saturated heterocycles. The molecule has 1 N–H and O–H groups in total. The standard InChI is InChI=1S/C19H27NO4/c1-4-23-19(22)15-8-10-16(11-9-15)24-12-18(21)20-17-7-5-6-13(2)14(17)3/h8-11,13-14,17H,4-7,12H2,1-3H3,(H,20,21)/t13-,14+,17+/m1/s1. The monoisotopic (exact) mass is 333 g/mol. The third-order valence-electron chi connectivity index (χ3n) is 4.79. The van der Waals surface area contributed by atoms with Crippen molar-refractivity contribution in [3.05, 3.63) is 29.8 Å². The summed E-state index contributed by atoms with van der Waals surface area (Å²) >= 11 is 0. The van der Waals surface area contributed by atoms with Crippen LogP contribution >= 0.6 is 0 Å². The quantitative estimate of drug-likeness (QED) is 0.812. The van der Waals surface area contributed by atoms with Crippen LogP contribution in [-0.4, -0.2) is 31.1 Å². The number of amides is 1. The van der Waals surface area contributed by atoms with Crippen LogP contribution in [0.15, 0.2) is 24.3 Å². The molecular weight excluding hydrogens is 306 g/mol. The average Bonchev–Trinajstić information content (AvgIpc) is 2.58. The minimum absolute atomic E-state index is 0.0175. The summed E-state index contributed by atoms with van der Waals surface area (Å²) in [5.74, 6) is 1.23. The van der Waals surface area contributed by atoms with Crippen molar-refractivity contribution in [1.29, 1.82) is 0 Å². The Balaban J connectivity index is 1.80. The van der Waals surface area contributed by atoms with Crippen LogP contribution in [0, 0.1) is 11.8 Å². The summed E-state index contributed by atoms with van der Waals surface area (Å²) in [5.41, 5.74) is 0.471. The lowest BCUT2D eigenvalue weighted by Crippen LogP contribution is -2.45. The summed E-state index contributed by atoms with van der Waals surface area (Å²) in [7, 11) is 0. The Morgan fingerprint density at radius 2 is 1.88 bits per heavy atom. The number of carbonyl (C=O) groups is 2. The van der Waals surface area contributed by atoms with E-state index in [1.54, 1.807) is 31.2 Å². The molecule has 0 aliphatic heterocycles. The lowest BCUT2D eigenvalue weighted by Gasteiger charge is -2.34. The molecule has 1 saturated carbocycles. The Bertz CT molecular complexity index is 555. The number of carbonyl (C=O) groups excluding carboxylic acids is 2. The maximum atomic E-state index is 12.1. The Morgan fingerprint density at radius 3 is 2.54 bits per heavy atom. The molecule has 2 rings (SSSR count). The number of hydrogen-bond acceptors (Lipinski definition) is 4. The summed E-state index contributed by atoms with van der Waals surface area (Å²) in [5, 5.41) is 3.08. The van der Waals surface area contributed by atoms with Gasteiger partial charge in [0.1, 0.15) is 5.75 Å². The van der Waals surface area contributed by atoms with Crippen LogP contribution in [0.2, 0.25) is 0 Å². The number of esters is 1. The minimum atomic E-state index is -0.359. The number of ether oxygens (including phenoxy) is 2. The van der Waals surface area contributed by atoms with Crippen LogP contribution < -0.4 is 10.1 Å². The molecule has 0 bridgehead atoms. The molecule has 0 aromatic heterocycles. The van der Waals surface area contributed by atoms with Crippen molar-refractivity contribution in [3.63, 3.8) is 0 Å². The molecule has 0 heterocycles. The van der Waals surface area contributed by atoms with Gasteiger partial charge in [0.25, 0.3) is 5.91 Å². The van der Waals surface area contributed by atoms with Crippen LogP contribution in [0.5, 0.6) is 5.75 Å². The average molecular weight is 333 g/mol. The summed E-state index contributed by atoms with van der Waals surface area (Å²) in [4.78, 5) is 23.7. The zero-order valence-corrected chi connectivity index (χ0v) is 14.7. The normalized spacial score (nSPS) is 23.4. The molecular formula is C19H27NO4. The number of nitrogens with one attached hydrogen (secondary N) is 1. The molecule has 1 fully saturated rings. The van der Waals surface area contributed by atoms with Gasteiger partial charge in [-0.1, -0.05) is 26.7 Å². The zero-order valence-electron chi connectivity index (χ0n) is 14.7. The van der Waals surface area contributed by atoms with Crippen LogP contribution in [-0.2, 0) is 9.53 Å².